The SMILES string of the molecule is O=[S@](Cc1ccc(Cl)cc1)c1nnc(COc2cccc3ccccc23)n1-c1ccccc1. The Morgan fingerprint density at radius 3 is 2.36 bits per heavy atom. The summed E-state index contributed by atoms with van der Waals surface area (Å²) in [4.78, 5) is 0. The molecule has 0 spiro atoms. The van der Waals surface area contributed by atoms with Gasteiger partial charge in [0.05, 0.1) is 16.6 Å². The number of halogens is 1. The summed E-state index contributed by atoms with van der Waals surface area (Å²) in [5, 5.41) is 11.8. The van der Waals surface area contributed by atoms with E-state index in [0.29, 0.717) is 21.8 Å². The van der Waals surface area contributed by atoms with Crippen LogP contribution >= 0.6 is 11.6 Å². The number of para-hydroxylation sites is 1. The van der Waals surface area contributed by atoms with E-state index in [-0.39, 0.29) is 6.61 Å². The molecule has 5 aromatic rings. The van der Waals surface area contributed by atoms with Crippen molar-refractivity contribution in [2.75, 3.05) is 0 Å². The van der Waals surface area contributed by atoms with Gasteiger partial charge in [0.25, 0.3) is 0 Å². The smallest absolute Gasteiger partial charge is 0.226 e. The van der Waals surface area contributed by atoms with E-state index in [0.717, 1.165) is 27.8 Å². The summed E-state index contributed by atoms with van der Waals surface area (Å²) in [5.41, 5.74) is 1.74. The molecule has 0 unspecified atom stereocenters. The van der Waals surface area contributed by atoms with Gasteiger partial charge in [-0.3, -0.25) is 8.78 Å². The van der Waals surface area contributed by atoms with Gasteiger partial charge in [0.1, 0.15) is 12.4 Å². The van der Waals surface area contributed by atoms with E-state index in [2.05, 4.69) is 10.2 Å². The molecule has 0 bridgehead atoms. The number of fused-ring (bicyclic) bond motifs is 1. The Balaban J connectivity index is 1.47. The lowest BCUT2D eigenvalue weighted by molar-refractivity contribution is 0.296. The molecule has 164 valence electrons. The molecule has 0 fully saturated rings. The summed E-state index contributed by atoms with van der Waals surface area (Å²) in [5.74, 6) is 1.65. The van der Waals surface area contributed by atoms with Gasteiger partial charge in [-0.05, 0) is 41.3 Å². The van der Waals surface area contributed by atoms with E-state index in [4.69, 9.17) is 16.3 Å². The molecule has 0 radical (unpaired) electrons. The maximum absolute atomic E-state index is 13.3. The van der Waals surface area contributed by atoms with E-state index in [9.17, 15) is 4.21 Å². The lowest BCUT2D eigenvalue weighted by atomic mass is 10.1. The van der Waals surface area contributed by atoms with Gasteiger partial charge in [-0.25, -0.2) is 0 Å². The maximum Gasteiger partial charge on any atom is 0.226 e. The summed E-state index contributed by atoms with van der Waals surface area (Å²) >= 11 is 5.98. The topological polar surface area (TPSA) is 57.0 Å². The van der Waals surface area contributed by atoms with Crippen molar-refractivity contribution >= 4 is 33.2 Å². The molecule has 0 aliphatic rings. The lowest BCUT2D eigenvalue weighted by Crippen LogP contribution is -2.10. The number of benzene rings is 4. The Bertz CT molecular complexity index is 1410. The molecule has 4 aromatic carbocycles. The molecule has 0 aliphatic heterocycles. The van der Waals surface area contributed by atoms with E-state index < -0.39 is 10.8 Å². The van der Waals surface area contributed by atoms with Gasteiger partial charge < -0.3 is 4.74 Å². The van der Waals surface area contributed by atoms with Crippen molar-refractivity contribution in [3.05, 3.63) is 113 Å². The predicted octanol–water partition coefficient (Wildman–Crippen LogP) is 5.96. The second kappa shape index (κ2) is 9.57. The van der Waals surface area contributed by atoms with Gasteiger partial charge in [0, 0.05) is 16.1 Å². The van der Waals surface area contributed by atoms with Crippen LogP contribution in [0, 0.1) is 0 Å². The Kier molecular flexibility index (Phi) is 6.19. The Hall–Kier alpha value is -3.48. The maximum atomic E-state index is 13.3. The number of nitrogens with zero attached hydrogens (tertiary/aromatic N) is 3. The van der Waals surface area contributed by atoms with Crippen LogP contribution in [0.4, 0.5) is 0 Å². The molecule has 5 nitrogen and oxygen atoms in total. The summed E-state index contributed by atoms with van der Waals surface area (Å²) in [6, 6.07) is 31.0. The largest absolute Gasteiger partial charge is 0.485 e. The van der Waals surface area contributed by atoms with Crippen LogP contribution < -0.4 is 4.74 Å². The lowest BCUT2D eigenvalue weighted by Gasteiger charge is -2.12. The number of rotatable bonds is 7. The highest BCUT2D eigenvalue weighted by atomic mass is 35.5. The van der Waals surface area contributed by atoms with Crippen LogP contribution in [0.5, 0.6) is 5.75 Å². The average molecular weight is 474 g/mol. The Morgan fingerprint density at radius 2 is 1.55 bits per heavy atom. The standard InChI is InChI=1S/C26H20ClN3O2S/c27-21-15-13-19(14-16-21)18-33(31)26-29-28-25(30(26)22-9-2-1-3-10-22)17-32-24-12-6-8-20-7-4-5-11-23(20)24/h1-16H,17-18H2/t33-/m1/s1. The van der Waals surface area contributed by atoms with Crippen molar-refractivity contribution in [2.45, 2.75) is 17.5 Å². The van der Waals surface area contributed by atoms with Crippen molar-refractivity contribution < 1.29 is 8.95 Å². The van der Waals surface area contributed by atoms with E-state index in [1.54, 1.807) is 12.1 Å². The molecule has 0 N–H and O–H groups in total. The molecular formula is C26H20ClN3O2S. The van der Waals surface area contributed by atoms with Crippen molar-refractivity contribution in [1.82, 2.24) is 14.8 Å². The zero-order chi connectivity index (χ0) is 22.6. The quantitative estimate of drug-likeness (QED) is 0.292. The minimum Gasteiger partial charge on any atom is -0.485 e. The van der Waals surface area contributed by atoms with Crippen LogP contribution in [0.15, 0.2) is 102 Å². The molecular weight excluding hydrogens is 454 g/mol. The van der Waals surface area contributed by atoms with Gasteiger partial charge >= 0.3 is 0 Å². The van der Waals surface area contributed by atoms with Gasteiger partial charge in [0.2, 0.25) is 5.16 Å². The summed E-state index contributed by atoms with van der Waals surface area (Å²) in [6.07, 6.45) is 0. The highest BCUT2D eigenvalue weighted by Gasteiger charge is 2.20. The molecule has 0 amide bonds. The highest BCUT2D eigenvalue weighted by Crippen LogP contribution is 2.26. The van der Waals surface area contributed by atoms with Gasteiger partial charge in [-0.2, -0.15) is 0 Å². The Labute approximate surface area is 199 Å². The molecule has 0 aliphatic carbocycles. The van der Waals surface area contributed by atoms with Gasteiger partial charge in [-0.1, -0.05) is 78.3 Å². The van der Waals surface area contributed by atoms with Crippen molar-refractivity contribution in [1.29, 1.82) is 0 Å². The zero-order valence-electron chi connectivity index (χ0n) is 17.6. The third-order valence-electron chi connectivity index (χ3n) is 5.24. The molecule has 0 saturated carbocycles. The van der Waals surface area contributed by atoms with Crippen LogP contribution in [0.25, 0.3) is 16.5 Å². The monoisotopic (exact) mass is 473 g/mol. The molecule has 7 heteroatoms. The first-order valence-corrected chi connectivity index (χ1v) is 12.1. The predicted molar refractivity (Wildman–Crippen MR) is 131 cm³/mol. The van der Waals surface area contributed by atoms with E-state index >= 15 is 0 Å². The first-order chi connectivity index (χ1) is 16.2. The molecule has 1 aromatic heterocycles. The van der Waals surface area contributed by atoms with Crippen molar-refractivity contribution in [3.8, 4) is 11.4 Å². The number of hydrogen-bond donors (Lipinski definition) is 0. The third kappa shape index (κ3) is 4.67. The fourth-order valence-electron chi connectivity index (χ4n) is 3.64. The van der Waals surface area contributed by atoms with Crippen LogP contribution in [0.1, 0.15) is 11.4 Å². The highest BCUT2D eigenvalue weighted by molar-refractivity contribution is 7.84. The second-order valence-electron chi connectivity index (χ2n) is 7.45. The summed E-state index contributed by atoms with van der Waals surface area (Å²) in [7, 11) is -1.41. The number of ether oxygens (including phenoxy) is 1. The normalized spacial score (nSPS) is 12.0. The van der Waals surface area contributed by atoms with Crippen LogP contribution in [0.3, 0.4) is 0 Å². The minimum atomic E-state index is -1.41. The Morgan fingerprint density at radius 1 is 0.818 bits per heavy atom. The summed E-state index contributed by atoms with van der Waals surface area (Å²) < 4.78 is 21.2. The van der Waals surface area contributed by atoms with Crippen molar-refractivity contribution in [3.63, 3.8) is 0 Å². The molecule has 1 heterocycles. The molecule has 1 atom stereocenters. The summed E-state index contributed by atoms with van der Waals surface area (Å²) in [6.45, 7) is 0.189. The van der Waals surface area contributed by atoms with Crippen LogP contribution in [0.2, 0.25) is 5.02 Å². The minimum absolute atomic E-state index is 0.189. The first-order valence-electron chi connectivity index (χ1n) is 10.4. The van der Waals surface area contributed by atoms with Gasteiger partial charge in [-0.15, -0.1) is 10.2 Å². The van der Waals surface area contributed by atoms with Crippen LogP contribution in [-0.4, -0.2) is 19.0 Å². The van der Waals surface area contributed by atoms with E-state index in [1.165, 1.54) is 0 Å². The number of aromatic nitrogens is 3. The first kappa shape index (κ1) is 21.4. The zero-order valence-corrected chi connectivity index (χ0v) is 19.2. The molecule has 0 saturated heterocycles. The molecule has 33 heavy (non-hydrogen) atoms. The van der Waals surface area contributed by atoms with E-state index in [1.807, 2.05) is 89.5 Å². The molecule has 5 rings (SSSR count). The third-order valence-corrected chi connectivity index (χ3v) is 6.75. The second-order valence-corrected chi connectivity index (χ2v) is 9.23. The fourth-order valence-corrected chi connectivity index (χ4v) is 4.93. The van der Waals surface area contributed by atoms with Crippen LogP contribution in [-0.2, 0) is 23.2 Å². The fraction of sp³-hybridized carbons (Fsp3) is 0.0769. The number of hydrogen-bond acceptors (Lipinski definition) is 4. The van der Waals surface area contributed by atoms with Gasteiger partial charge in [0.15, 0.2) is 5.82 Å². The van der Waals surface area contributed by atoms with Crippen molar-refractivity contribution in [2.24, 2.45) is 0 Å². The average Bonchev–Trinajstić information content (AvgIpc) is 3.29.